The smallest absolute Gasteiger partial charge is 0.0406 e. The van der Waals surface area contributed by atoms with Gasteiger partial charge in [0.2, 0.25) is 0 Å². The Balaban J connectivity index is 2.29. The molecule has 1 aromatic heterocycles. The molecule has 0 amide bonds. The summed E-state index contributed by atoms with van der Waals surface area (Å²) in [5.74, 6) is 0.440. The Kier molecular flexibility index (Phi) is 4.34. The van der Waals surface area contributed by atoms with Crippen molar-refractivity contribution in [1.29, 1.82) is 0 Å². The van der Waals surface area contributed by atoms with Crippen molar-refractivity contribution >= 4 is 11.6 Å². The fourth-order valence-corrected chi connectivity index (χ4v) is 2.07. The van der Waals surface area contributed by atoms with E-state index in [1.807, 2.05) is 36.7 Å². The second kappa shape index (κ2) is 5.98. The van der Waals surface area contributed by atoms with Crippen molar-refractivity contribution in [2.75, 3.05) is 6.54 Å². The van der Waals surface area contributed by atoms with Crippen LogP contribution in [0.3, 0.4) is 0 Å². The predicted molar refractivity (Wildman–Crippen MR) is 76.8 cm³/mol. The minimum atomic E-state index is 0.440. The van der Waals surface area contributed by atoms with Gasteiger partial charge in [0.25, 0.3) is 0 Å². The van der Waals surface area contributed by atoms with Crippen LogP contribution in [0.1, 0.15) is 24.8 Å². The molecule has 1 unspecified atom stereocenters. The van der Waals surface area contributed by atoms with Crippen LogP contribution in [0, 0.1) is 0 Å². The molecule has 3 heteroatoms. The monoisotopic (exact) mass is 260 g/mol. The number of aromatic nitrogens is 1. The van der Waals surface area contributed by atoms with Gasteiger partial charge in [0, 0.05) is 23.0 Å². The summed E-state index contributed by atoms with van der Waals surface area (Å²) in [5.41, 5.74) is 9.08. The quantitative estimate of drug-likeness (QED) is 0.907. The van der Waals surface area contributed by atoms with E-state index in [2.05, 4.69) is 18.0 Å². The summed E-state index contributed by atoms with van der Waals surface area (Å²) < 4.78 is 0. The number of rotatable bonds is 4. The number of hydrogen-bond acceptors (Lipinski definition) is 2. The van der Waals surface area contributed by atoms with Gasteiger partial charge in [0.05, 0.1) is 0 Å². The van der Waals surface area contributed by atoms with E-state index in [9.17, 15) is 0 Å². The molecule has 0 aliphatic rings. The molecule has 2 nitrogen and oxygen atoms in total. The summed E-state index contributed by atoms with van der Waals surface area (Å²) in [6.07, 6.45) is 4.77. The molecule has 2 aromatic rings. The van der Waals surface area contributed by atoms with Gasteiger partial charge >= 0.3 is 0 Å². The first-order chi connectivity index (χ1) is 8.70. The highest BCUT2D eigenvalue weighted by molar-refractivity contribution is 6.30. The normalized spacial score (nSPS) is 12.4. The number of nitrogens with zero attached hydrogens (tertiary/aromatic N) is 1. The third kappa shape index (κ3) is 3.09. The van der Waals surface area contributed by atoms with Crippen molar-refractivity contribution in [3.8, 4) is 11.1 Å². The maximum Gasteiger partial charge on any atom is 0.0406 e. The van der Waals surface area contributed by atoms with Crippen LogP contribution in [-0.4, -0.2) is 11.5 Å². The molecule has 2 rings (SSSR count). The van der Waals surface area contributed by atoms with Crippen molar-refractivity contribution in [2.24, 2.45) is 5.73 Å². The maximum atomic E-state index is 5.89. The van der Waals surface area contributed by atoms with Gasteiger partial charge in [-0.05, 0) is 48.2 Å². The Bertz CT molecular complexity index is 508. The van der Waals surface area contributed by atoms with E-state index in [1.54, 1.807) is 0 Å². The van der Waals surface area contributed by atoms with Crippen LogP contribution in [0.4, 0.5) is 0 Å². The van der Waals surface area contributed by atoms with E-state index in [4.69, 9.17) is 17.3 Å². The average Bonchev–Trinajstić information content (AvgIpc) is 2.40. The van der Waals surface area contributed by atoms with Gasteiger partial charge in [-0.25, -0.2) is 0 Å². The zero-order chi connectivity index (χ0) is 13.0. The molecule has 1 aromatic carbocycles. The first kappa shape index (κ1) is 13.1. The Hall–Kier alpha value is -1.38. The lowest BCUT2D eigenvalue weighted by Crippen LogP contribution is -2.04. The molecule has 0 fully saturated rings. The van der Waals surface area contributed by atoms with Crippen LogP contribution in [0.5, 0.6) is 0 Å². The van der Waals surface area contributed by atoms with Gasteiger partial charge in [-0.3, -0.25) is 4.98 Å². The first-order valence-corrected chi connectivity index (χ1v) is 6.49. The Morgan fingerprint density at radius 3 is 2.56 bits per heavy atom. The highest BCUT2D eigenvalue weighted by atomic mass is 35.5. The van der Waals surface area contributed by atoms with Gasteiger partial charge in [0.1, 0.15) is 0 Å². The number of nitrogens with two attached hydrogens (primary N) is 1. The molecule has 0 saturated heterocycles. The Labute approximate surface area is 113 Å². The summed E-state index contributed by atoms with van der Waals surface area (Å²) >= 11 is 5.89. The van der Waals surface area contributed by atoms with Crippen molar-refractivity contribution in [1.82, 2.24) is 4.98 Å². The standard InChI is InChI=1S/C15H17ClN2/c1-11(6-7-17)13-8-14(10-18-9-13)12-2-4-15(16)5-3-12/h2-5,8-11H,6-7,17H2,1H3. The van der Waals surface area contributed by atoms with Crippen LogP contribution >= 0.6 is 11.6 Å². The van der Waals surface area contributed by atoms with E-state index in [0.29, 0.717) is 12.5 Å². The topological polar surface area (TPSA) is 38.9 Å². The summed E-state index contributed by atoms with van der Waals surface area (Å²) in [6, 6.07) is 9.99. The fourth-order valence-electron chi connectivity index (χ4n) is 1.94. The predicted octanol–water partition coefficient (Wildman–Crippen LogP) is 3.85. The Morgan fingerprint density at radius 2 is 1.89 bits per heavy atom. The molecule has 1 atom stereocenters. The van der Waals surface area contributed by atoms with E-state index >= 15 is 0 Å². The van der Waals surface area contributed by atoms with Crippen molar-refractivity contribution in [3.63, 3.8) is 0 Å². The number of hydrogen-bond donors (Lipinski definition) is 1. The van der Waals surface area contributed by atoms with E-state index in [1.165, 1.54) is 5.56 Å². The third-order valence-electron chi connectivity index (χ3n) is 3.11. The van der Waals surface area contributed by atoms with Crippen LogP contribution in [0.25, 0.3) is 11.1 Å². The molecule has 0 radical (unpaired) electrons. The van der Waals surface area contributed by atoms with E-state index in [0.717, 1.165) is 22.6 Å². The van der Waals surface area contributed by atoms with Crippen LogP contribution in [-0.2, 0) is 0 Å². The molecule has 0 bridgehead atoms. The van der Waals surface area contributed by atoms with Gasteiger partial charge in [-0.1, -0.05) is 30.7 Å². The van der Waals surface area contributed by atoms with Gasteiger partial charge in [-0.2, -0.15) is 0 Å². The minimum absolute atomic E-state index is 0.440. The molecular formula is C15H17ClN2. The van der Waals surface area contributed by atoms with Gasteiger partial charge in [0.15, 0.2) is 0 Å². The highest BCUT2D eigenvalue weighted by Crippen LogP contribution is 2.25. The van der Waals surface area contributed by atoms with Gasteiger partial charge < -0.3 is 5.73 Å². The molecule has 0 aliphatic heterocycles. The highest BCUT2D eigenvalue weighted by Gasteiger charge is 2.06. The van der Waals surface area contributed by atoms with Crippen LogP contribution in [0.15, 0.2) is 42.7 Å². The van der Waals surface area contributed by atoms with Crippen molar-refractivity contribution in [2.45, 2.75) is 19.3 Å². The number of benzene rings is 1. The second-order valence-electron chi connectivity index (χ2n) is 4.49. The zero-order valence-corrected chi connectivity index (χ0v) is 11.2. The lowest BCUT2D eigenvalue weighted by Gasteiger charge is -2.11. The summed E-state index contributed by atoms with van der Waals surface area (Å²) in [5, 5.41) is 0.749. The van der Waals surface area contributed by atoms with E-state index in [-0.39, 0.29) is 0 Å². The van der Waals surface area contributed by atoms with Crippen LogP contribution in [0.2, 0.25) is 5.02 Å². The first-order valence-electron chi connectivity index (χ1n) is 6.11. The number of pyridine rings is 1. The summed E-state index contributed by atoms with van der Waals surface area (Å²) in [7, 11) is 0. The van der Waals surface area contributed by atoms with Gasteiger partial charge in [-0.15, -0.1) is 0 Å². The number of halogens is 1. The van der Waals surface area contributed by atoms with Crippen molar-refractivity contribution < 1.29 is 0 Å². The molecule has 2 N–H and O–H groups in total. The largest absolute Gasteiger partial charge is 0.330 e. The molecule has 18 heavy (non-hydrogen) atoms. The SMILES string of the molecule is CC(CCN)c1cncc(-c2ccc(Cl)cc2)c1. The van der Waals surface area contributed by atoms with E-state index < -0.39 is 0 Å². The minimum Gasteiger partial charge on any atom is -0.330 e. The maximum absolute atomic E-state index is 5.89. The summed E-state index contributed by atoms with van der Waals surface area (Å²) in [6.45, 7) is 2.88. The third-order valence-corrected chi connectivity index (χ3v) is 3.36. The summed E-state index contributed by atoms with van der Waals surface area (Å²) in [4.78, 5) is 4.31. The second-order valence-corrected chi connectivity index (χ2v) is 4.93. The molecule has 0 saturated carbocycles. The molecule has 0 aliphatic carbocycles. The molecule has 1 heterocycles. The molecule has 0 spiro atoms. The average molecular weight is 261 g/mol. The van der Waals surface area contributed by atoms with Crippen LogP contribution < -0.4 is 5.73 Å². The zero-order valence-electron chi connectivity index (χ0n) is 10.4. The molecule has 94 valence electrons. The lowest BCUT2D eigenvalue weighted by atomic mass is 9.96. The Morgan fingerprint density at radius 1 is 1.17 bits per heavy atom. The molecular weight excluding hydrogens is 244 g/mol. The van der Waals surface area contributed by atoms with Crippen molar-refractivity contribution in [3.05, 3.63) is 53.3 Å². The lowest BCUT2D eigenvalue weighted by molar-refractivity contribution is 0.687. The fraction of sp³-hybridized carbons (Fsp3) is 0.267.